The molecule has 0 aromatic heterocycles. The molecule has 0 spiro atoms. The van der Waals surface area contributed by atoms with Crippen molar-refractivity contribution in [2.75, 3.05) is 17.4 Å². The third-order valence-corrected chi connectivity index (χ3v) is 5.68. The quantitative estimate of drug-likeness (QED) is 0.910. The van der Waals surface area contributed by atoms with Crippen molar-refractivity contribution in [2.24, 2.45) is 0 Å². The molecule has 0 unspecified atom stereocenters. The molecule has 1 saturated heterocycles. The fraction of sp³-hybridized carbons (Fsp3) is 0.462. The lowest BCUT2D eigenvalue weighted by Gasteiger charge is -2.30. The van der Waals surface area contributed by atoms with Crippen LogP contribution in [0.15, 0.2) is 24.3 Å². The molecule has 0 radical (unpaired) electrons. The largest absolute Gasteiger partial charge is 0.480 e. The van der Waals surface area contributed by atoms with Crippen LogP contribution in [-0.2, 0) is 15.0 Å². The second-order valence-corrected chi connectivity index (χ2v) is 7.13. The number of aliphatic carboxylic acids is 1. The van der Waals surface area contributed by atoms with Gasteiger partial charge in [0.2, 0.25) is 0 Å². The van der Waals surface area contributed by atoms with E-state index in [1.807, 2.05) is 19.1 Å². The van der Waals surface area contributed by atoms with Crippen molar-refractivity contribution in [3.63, 3.8) is 0 Å². The molecule has 2 rings (SSSR count). The van der Waals surface area contributed by atoms with Gasteiger partial charge in [-0.15, -0.1) is 0 Å². The standard InChI is InChI=1S/C13H18N2O4S/c1-10-4-6-11(7-5-10)14-8-9-15(20(14,18)19)13(2,3)12(16)17/h4-7H,8-9H2,1-3H3,(H,16,17). The predicted octanol–water partition coefficient (Wildman–Crippen LogP) is 1.23. The van der Waals surface area contributed by atoms with Crippen LogP contribution in [0, 0.1) is 6.92 Å². The van der Waals surface area contributed by atoms with Crippen LogP contribution >= 0.6 is 0 Å². The molecule has 7 heteroatoms. The lowest BCUT2D eigenvalue weighted by molar-refractivity contribution is -0.146. The summed E-state index contributed by atoms with van der Waals surface area (Å²) < 4.78 is 27.3. The Bertz CT molecular complexity index is 622. The lowest BCUT2D eigenvalue weighted by atomic mass is 10.1. The van der Waals surface area contributed by atoms with E-state index in [2.05, 4.69) is 0 Å². The molecular formula is C13H18N2O4S. The first kappa shape index (κ1) is 14.8. The van der Waals surface area contributed by atoms with Crippen molar-refractivity contribution >= 4 is 21.9 Å². The van der Waals surface area contributed by atoms with E-state index < -0.39 is 21.7 Å². The monoisotopic (exact) mass is 298 g/mol. The maximum atomic E-state index is 12.5. The first-order valence-corrected chi connectivity index (χ1v) is 7.67. The minimum absolute atomic E-state index is 0.162. The van der Waals surface area contributed by atoms with Crippen molar-refractivity contribution in [1.29, 1.82) is 0 Å². The first-order valence-electron chi connectivity index (χ1n) is 6.28. The maximum Gasteiger partial charge on any atom is 0.324 e. The van der Waals surface area contributed by atoms with E-state index in [0.717, 1.165) is 9.87 Å². The van der Waals surface area contributed by atoms with Crippen molar-refractivity contribution in [3.05, 3.63) is 29.8 Å². The number of benzene rings is 1. The van der Waals surface area contributed by atoms with E-state index in [-0.39, 0.29) is 13.1 Å². The Labute approximate surface area is 118 Å². The van der Waals surface area contributed by atoms with Crippen LogP contribution in [0.3, 0.4) is 0 Å². The Morgan fingerprint density at radius 3 is 2.25 bits per heavy atom. The van der Waals surface area contributed by atoms with E-state index >= 15 is 0 Å². The Balaban J connectivity index is 2.38. The summed E-state index contributed by atoms with van der Waals surface area (Å²) in [5.41, 5.74) is 0.130. The van der Waals surface area contributed by atoms with Crippen molar-refractivity contribution in [2.45, 2.75) is 26.3 Å². The maximum absolute atomic E-state index is 12.5. The molecule has 1 aliphatic heterocycles. The van der Waals surface area contributed by atoms with Gasteiger partial charge >= 0.3 is 16.2 Å². The highest BCUT2D eigenvalue weighted by atomic mass is 32.2. The van der Waals surface area contributed by atoms with Crippen LogP contribution < -0.4 is 4.31 Å². The predicted molar refractivity (Wildman–Crippen MR) is 75.9 cm³/mol. The summed E-state index contributed by atoms with van der Waals surface area (Å²) in [6.45, 7) is 5.12. The summed E-state index contributed by atoms with van der Waals surface area (Å²) in [5, 5.41) is 9.20. The number of hydrogen-bond donors (Lipinski definition) is 1. The smallest absolute Gasteiger partial charge is 0.324 e. The fourth-order valence-corrected chi connectivity index (χ4v) is 4.08. The number of carbonyl (C=O) groups is 1. The van der Waals surface area contributed by atoms with Gasteiger partial charge in [0.05, 0.1) is 5.69 Å². The van der Waals surface area contributed by atoms with Gasteiger partial charge in [-0.25, -0.2) is 0 Å². The van der Waals surface area contributed by atoms with Gasteiger partial charge in [0.15, 0.2) is 0 Å². The van der Waals surface area contributed by atoms with Crippen LogP contribution in [0.25, 0.3) is 0 Å². The Morgan fingerprint density at radius 2 is 1.75 bits per heavy atom. The Hall–Kier alpha value is -1.60. The molecule has 1 aromatic rings. The molecule has 0 aliphatic carbocycles. The van der Waals surface area contributed by atoms with Gasteiger partial charge in [-0.3, -0.25) is 9.10 Å². The van der Waals surface area contributed by atoms with Crippen LogP contribution in [0.5, 0.6) is 0 Å². The van der Waals surface area contributed by atoms with E-state index in [1.165, 1.54) is 18.2 Å². The zero-order valence-corrected chi connectivity index (χ0v) is 12.5. The topological polar surface area (TPSA) is 77.9 Å². The van der Waals surface area contributed by atoms with E-state index in [9.17, 15) is 18.3 Å². The molecule has 1 fully saturated rings. The fourth-order valence-electron chi connectivity index (χ4n) is 2.18. The Kier molecular flexibility index (Phi) is 3.51. The molecule has 1 N–H and O–H groups in total. The molecule has 0 bridgehead atoms. The first-order chi connectivity index (χ1) is 9.17. The van der Waals surface area contributed by atoms with Gasteiger partial charge in [0.1, 0.15) is 5.54 Å². The highest BCUT2D eigenvalue weighted by Gasteiger charge is 2.48. The minimum atomic E-state index is -3.81. The molecule has 110 valence electrons. The molecule has 1 aliphatic rings. The summed E-state index contributed by atoms with van der Waals surface area (Å²) >= 11 is 0. The van der Waals surface area contributed by atoms with Gasteiger partial charge in [0, 0.05) is 13.1 Å². The molecule has 0 amide bonds. The number of hydrogen-bond acceptors (Lipinski definition) is 3. The number of aryl methyl sites for hydroxylation is 1. The van der Waals surface area contributed by atoms with Gasteiger partial charge in [-0.1, -0.05) is 17.7 Å². The number of carboxylic acids is 1. The average Bonchev–Trinajstić information content (AvgIpc) is 2.66. The van der Waals surface area contributed by atoms with Gasteiger partial charge in [-0.05, 0) is 32.9 Å². The molecule has 0 saturated carbocycles. The third kappa shape index (κ3) is 2.27. The SMILES string of the molecule is Cc1ccc(N2CCN(C(C)(C)C(=O)O)S2(=O)=O)cc1. The number of carboxylic acid groups (broad SMARTS) is 1. The summed E-state index contributed by atoms with van der Waals surface area (Å²) in [7, 11) is -3.81. The number of anilines is 1. The second kappa shape index (κ2) is 4.75. The van der Waals surface area contributed by atoms with Crippen molar-refractivity contribution in [1.82, 2.24) is 4.31 Å². The van der Waals surface area contributed by atoms with Gasteiger partial charge in [0.25, 0.3) is 0 Å². The lowest BCUT2D eigenvalue weighted by Crippen LogP contribution is -2.52. The number of nitrogens with zero attached hydrogens (tertiary/aromatic N) is 2. The zero-order valence-electron chi connectivity index (χ0n) is 11.7. The average molecular weight is 298 g/mol. The molecule has 0 atom stereocenters. The Morgan fingerprint density at radius 1 is 1.20 bits per heavy atom. The summed E-state index contributed by atoms with van der Waals surface area (Å²) in [6.07, 6.45) is 0. The van der Waals surface area contributed by atoms with E-state index in [1.54, 1.807) is 12.1 Å². The van der Waals surface area contributed by atoms with Crippen LogP contribution in [0.1, 0.15) is 19.4 Å². The minimum Gasteiger partial charge on any atom is -0.480 e. The summed E-state index contributed by atoms with van der Waals surface area (Å²) in [4.78, 5) is 11.3. The van der Waals surface area contributed by atoms with Crippen molar-refractivity contribution < 1.29 is 18.3 Å². The molecular weight excluding hydrogens is 280 g/mol. The summed E-state index contributed by atoms with van der Waals surface area (Å²) in [5.74, 6) is -1.16. The van der Waals surface area contributed by atoms with Gasteiger partial charge in [-0.2, -0.15) is 12.7 Å². The zero-order chi connectivity index (χ0) is 15.1. The van der Waals surface area contributed by atoms with E-state index in [0.29, 0.717) is 5.69 Å². The highest BCUT2D eigenvalue weighted by molar-refractivity contribution is 7.90. The molecule has 6 nitrogen and oxygen atoms in total. The highest BCUT2D eigenvalue weighted by Crippen LogP contribution is 2.30. The van der Waals surface area contributed by atoms with Crippen LogP contribution in [-0.4, -0.2) is 42.4 Å². The van der Waals surface area contributed by atoms with Crippen LogP contribution in [0.2, 0.25) is 0 Å². The third-order valence-electron chi connectivity index (χ3n) is 3.53. The normalized spacial score (nSPS) is 19.2. The molecule has 20 heavy (non-hydrogen) atoms. The summed E-state index contributed by atoms with van der Waals surface area (Å²) in [6, 6.07) is 7.11. The van der Waals surface area contributed by atoms with Crippen LogP contribution in [0.4, 0.5) is 5.69 Å². The van der Waals surface area contributed by atoms with Gasteiger partial charge < -0.3 is 5.11 Å². The molecule has 1 heterocycles. The second-order valence-electron chi connectivity index (χ2n) is 5.35. The van der Waals surface area contributed by atoms with E-state index in [4.69, 9.17) is 0 Å². The molecule has 1 aromatic carbocycles. The number of rotatable bonds is 3. The van der Waals surface area contributed by atoms with Crippen molar-refractivity contribution in [3.8, 4) is 0 Å².